The van der Waals surface area contributed by atoms with Crippen LogP contribution in [0.25, 0.3) is 0 Å². The van der Waals surface area contributed by atoms with E-state index in [9.17, 15) is 0 Å². The molecule has 0 radical (unpaired) electrons. The topological polar surface area (TPSA) is 55.1 Å². The number of amides is 1. The fourth-order valence-electron chi connectivity index (χ4n) is 0.250. The van der Waals surface area contributed by atoms with E-state index in [4.69, 9.17) is 4.79 Å². The van der Waals surface area contributed by atoms with Gasteiger partial charge in [-0.05, 0) is 0 Å². The van der Waals surface area contributed by atoms with Gasteiger partial charge >= 0.3 is 0 Å². The minimum atomic E-state index is 0.403. The van der Waals surface area contributed by atoms with Crippen molar-refractivity contribution >= 4 is 6.41 Å². The first-order valence-electron chi connectivity index (χ1n) is 3.81. The van der Waals surface area contributed by atoms with E-state index in [1.165, 1.54) is 25.7 Å². The Balaban J connectivity index is 0. The summed E-state index contributed by atoms with van der Waals surface area (Å²) in [5, 5.41) is 0. The summed E-state index contributed by atoms with van der Waals surface area (Å²) in [5.74, 6) is 4.41. The molecule has 0 aromatic carbocycles. The first-order chi connectivity index (χ1) is 4.91. The van der Waals surface area contributed by atoms with E-state index in [2.05, 4.69) is 5.84 Å². The lowest BCUT2D eigenvalue weighted by atomic mass is 10.0. The predicted molar refractivity (Wildman–Crippen MR) is 43.2 cm³/mol. The zero-order valence-corrected chi connectivity index (χ0v) is 6.89. The summed E-state index contributed by atoms with van der Waals surface area (Å²) in [7, 11) is 0. The largest absolute Gasteiger partial charge is 0.297 e. The molecule has 3 N–H and O–H groups in total. The number of hydrogen-bond donors (Lipinski definition) is 2. The normalized spacial score (nSPS) is 12.3. The number of nitrogens with two attached hydrogens (primary N) is 1. The number of carbonyl (C=O) groups excluding carboxylic acids is 1. The van der Waals surface area contributed by atoms with Crippen LogP contribution in [0.2, 0.25) is 0 Å². The molecule has 3 heteroatoms. The third kappa shape index (κ3) is 15.7. The summed E-state index contributed by atoms with van der Waals surface area (Å²) in [6.45, 7) is 4.00. The van der Waals surface area contributed by atoms with Crippen molar-refractivity contribution in [1.29, 1.82) is 0 Å². The molecule has 0 spiro atoms. The van der Waals surface area contributed by atoms with Crippen LogP contribution in [0, 0.1) is 0 Å². The van der Waals surface area contributed by atoms with Crippen molar-refractivity contribution in [3.05, 3.63) is 0 Å². The summed E-state index contributed by atoms with van der Waals surface area (Å²) in [6.07, 6.45) is 6.40. The summed E-state index contributed by atoms with van der Waals surface area (Å²) in [4.78, 5) is 8.94. The monoisotopic (exact) mass is 146 g/mol. The Hall–Kier alpha value is -0.570. The van der Waals surface area contributed by atoms with Gasteiger partial charge in [0.1, 0.15) is 0 Å². The zero-order chi connectivity index (χ0) is 8.24. The molecule has 1 aliphatic rings. The number of hydrogen-bond acceptors (Lipinski definition) is 2. The van der Waals surface area contributed by atoms with E-state index >= 15 is 0 Å². The van der Waals surface area contributed by atoms with Crippen molar-refractivity contribution in [3.8, 4) is 0 Å². The van der Waals surface area contributed by atoms with Crippen LogP contribution in [0.3, 0.4) is 0 Å². The van der Waals surface area contributed by atoms with Crippen LogP contribution in [-0.2, 0) is 4.79 Å². The molecule has 0 aromatic rings. The van der Waals surface area contributed by atoms with Gasteiger partial charge < -0.3 is 0 Å². The minimum Gasteiger partial charge on any atom is -0.297 e. The summed E-state index contributed by atoms with van der Waals surface area (Å²) >= 11 is 0. The van der Waals surface area contributed by atoms with Crippen LogP contribution in [0.1, 0.15) is 39.5 Å². The highest BCUT2D eigenvalue weighted by molar-refractivity contribution is 5.44. The van der Waals surface area contributed by atoms with E-state index < -0.39 is 0 Å². The van der Waals surface area contributed by atoms with E-state index in [1.54, 1.807) is 5.43 Å². The molecule has 1 rings (SSSR count). The number of nitrogens with one attached hydrogen (secondary N) is 1. The van der Waals surface area contributed by atoms with E-state index in [1.807, 2.05) is 13.8 Å². The summed E-state index contributed by atoms with van der Waals surface area (Å²) in [5.41, 5.74) is 1.75. The van der Waals surface area contributed by atoms with Crippen LogP contribution >= 0.6 is 0 Å². The standard InChI is InChI=1S/C4H8.C2H6.CH4N2O/c1-2-4-3-1;1-2;2-3-1-4/h1-4H2;1-2H3;1H,2H2,(H,3,4). The second kappa shape index (κ2) is 15.8. The molecule has 3 nitrogen and oxygen atoms in total. The molecule has 0 saturated heterocycles. The maximum atomic E-state index is 8.94. The van der Waals surface area contributed by atoms with E-state index in [-0.39, 0.29) is 0 Å². The quantitative estimate of drug-likeness (QED) is 0.253. The SMILES string of the molecule is C1CCC1.CC.NNC=O. The fraction of sp³-hybridized carbons (Fsp3) is 0.857. The third-order valence-electron chi connectivity index (χ3n) is 1.07. The average Bonchev–Trinajstić information content (AvgIpc) is 1.89. The van der Waals surface area contributed by atoms with Crippen LogP contribution < -0.4 is 11.3 Å². The second-order valence-electron chi connectivity index (χ2n) is 1.70. The van der Waals surface area contributed by atoms with Crippen molar-refractivity contribution < 1.29 is 4.79 Å². The number of hydrazine groups is 1. The lowest BCUT2D eigenvalue weighted by Gasteiger charge is -2.05. The maximum absolute atomic E-state index is 8.94. The fourth-order valence-corrected chi connectivity index (χ4v) is 0.250. The Kier molecular flexibility index (Phi) is 19.2. The molecule has 0 bridgehead atoms. The maximum Gasteiger partial charge on any atom is 0.221 e. The predicted octanol–water partition coefficient (Wildman–Crippen LogP) is 1.19. The van der Waals surface area contributed by atoms with Gasteiger partial charge in [-0.2, -0.15) is 0 Å². The van der Waals surface area contributed by atoms with E-state index in [0.29, 0.717) is 6.41 Å². The highest BCUT2D eigenvalue weighted by Crippen LogP contribution is 2.15. The number of rotatable bonds is 1. The highest BCUT2D eigenvalue weighted by Gasteiger charge is 1.95. The first kappa shape index (κ1) is 12.1. The molecule has 0 atom stereocenters. The van der Waals surface area contributed by atoms with Gasteiger partial charge in [0.25, 0.3) is 0 Å². The van der Waals surface area contributed by atoms with Gasteiger partial charge in [-0.1, -0.05) is 39.5 Å². The Morgan fingerprint density at radius 3 is 1.40 bits per heavy atom. The average molecular weight is 146 g/mol. The molecular weight excluding hydrogens is 128 g/mol. The third-order valence-corrected chi connectivity index (χ3v) is 1.07. The lowest BCUT2D eigenvalue weighted by molar-refractivity contribution is -0.109. The Bertz CT molecular complexity index is 49.6. The first-order valence-corrected chi connectivity index (χ1v) is 3.81. The molecule has 0 aliphatic heterocycles. The van der Waals surface area contributed by atoms with Crippen molar-refractivity contribution in [2.45, 2.75) is 39.5 Å². The van der Waals surface area contributed by atoms with Gasteiger partial charge in [0.2, 0.25) is 6.41 Å². The van der Waals surface area contributed by atoms with Crippen LogP contribution in [0.4, 0.5) is 0 Å². The molecular formula is C7H18N2O. The van der Waals surface area contributed by atoms with Crippen LogP contribution in [0.5, 0.6) is 0 Å². The van der Waals surface area contributed by atoms with Gasteiger partial charge in [0.05, 0.1) is 0 Å². The summed E-state index contributed by atoms with van der Waals surface area (Å²) < 4.78 is 0. The molecule has 0 unspecified atom stereocenters. The smallest absolute Gasteiger partial charge is 0.221 e. The molecule has 0 heterocycles. The molecule has 62 valence electrons. The Labute approximate surface area is 63.0 Å². The zero-order valence-electron chi connectivity index (χ0n) is 6.89. The van der Waals surface area contributed by atoms with Crippen molar-refractivity contribution in [2.24, 2.45) is 5.84 Å². The van der Waals surface area contributed by atoms with Gasteiger partial charge in [0, 0.05) is 0 Å². The summed E-state index contributed by atoms with van der Waals surface area (Å²) in [6, 6.07) is 0. The van der Waals surface area contributed by atoms with Gasteiger partial charge in [-0.3, -0.25) is 10.2 Å². The van der Waals surface area contributed by atoms with Gasteiger partial charge in [-0.25, -0.2) is 5.84 Å². The second-order valence-corrected chi connectivity index (χ2v) is 1.70. The van der Waals surface area contributed by atoms with Gasteiger partial charge in [-0.15, -0.1) is 0 Å². The highest BCUT2D eigenvalue weighted by atomic mass is 16.1. The molecule has 0 aromatic heterocycles. The van der Waals surface area contributed by atoms with Gasteiger partial charge in [0.15, 0.2) is 0 Å². The molecule has 1 fully saturated rings. The Morgan fingerprint density at radius 1 is 1.20 bits per heavy atom. The molecule has 1 amide bonds. The van der Waals surface area contributed by atoms with Crippen molar-refractivity contribution in [3.63, 3.8) is 0 Å². The molecule has 1 saturated carbocycles. The molecule has 1 aliphatic carbocycles. The van der Waals surface area contributed by atoms with Crippen LogP contribution in [0.15, 0.2) is 0 Å². The lowest BCUT2D eigenvalue weighted by Crippen LogP contribution is -2.18. The Morgan fingerprint density at radius 2 is 1.40 bits per heavy atom. The van der Waals surface area contributed by atoms with Crippen LogP contribution in [-0.4, -0.2) is 6.41 Å². The van der Waals surface area contributed by atoms with E-state index in [0.717, 1.165) is 0 Å². The van der Waals surface area contributed by atoms with Crippen molar-refractivity contribution in [2.75, 3.05) is 0 Å². The van der Waals surface area contributed by atoms with Crippen molar-refractivity contribution in [1.82, 2.24) is 5.43 Å². The minimum absolute atomic E-state index is 0.403. The number of carbonyl (C=O) groups is 1. The molecule has 10 heavy (non-hydrogen) atoms.